The molecule has 3 aromatic rings. The number of rotatable bonds is 6. The molecule has 0 amide bonds. The smallest absolute Gasteiger partial charge is 0.229 e. The maximum atomic E-state index is 4.62. The van der Waals surface area contributed by atoms with Gasteiger partial charge in [-0.05, 0) is 43.0 Å². The standard InChI is InChI=1S/C22H26N4/c1-15(2)18-10-12-20(13-11-18)25-22-23-16(3)14-21(26-22)24-17(4)19-8-6-5-7-9-19/h5-15,17H,1-4H3,(H2,23,24,25,26). The highest BCUT2D eigenvalue weighted by Crippen LogP contribution is 2.22. The predicted molar refractivity (Wildman–Crippen MR) is 109 cm³/mol. The molecule has 1 atom stereocenters. The summed E-state index contributed by atoms with van der Waals surface area (Å²) in [4.78, 5) is 9.12. The van der Waals surface area contributed by atoms with E-state index >= 15 is 0 Å². The van der Waals surface area contributed by atoms with Crippen molar-refractivity contribution in [2.45, 2.75) is 39.7 Å². The van der Waals surface area contributed by atoms with Crippen molar-refractivity contribution in [1.29, 1.82) is 0 Å². The molecular formula is C22H26N4. The van der Waals surface area contributed by atoms with Crippen LogP contribution >= 0.6 is 0 Å². The second-order valence-corrected chi connectivity index (χ2v) is 6.90. The maximum Gasteiger partial charge on any atom is 0.229 e. The van der Waals surface area contributed by atoms with Crippen molar-refractivity contribution in [2.24, 2.45) is 0 Å². The first-order chi connectivity index (χ1) is 12.5. The summed E-state index contributed by atoms with van der Waals surface area (Å²) < 4.78 is 0. The molecule has 2 aromatic carbocycles. The van der Waals surface area contributed by atoms with Crippen LogP contribution in [-0.4, -0.2) is 9.97 Å². The molecule has 0 aliphatic carbocycles. The van der Waals surface area contributed by atoms with E-state index in [0.29, 0.717) is 11.9 Å². The quantitative estimate of drug-likeness (QED) is 0.590. The molecule has 0 saturated carbocycles. The normalized spacial score (nSPS) is 12.0. The van der Waals surface area contributed by atoms with Crippen molar-refractivity contribution in [1.82, 2.24) is 9.97 Å². The van der Waals surface area contributed by atoms with Crippen LogP contribution in [0.15, 0.2) is 60.7 Å². The van der Waals surface area contributed by atoms with Gasteiger partial charge in [-0.2, -0.15) is 4.98 Å². The number of aryl methyl sites for hydroxylation is 1. The lowest BCUT2D eigenvalue weighted by atomic mass is 10.0. The van der Waals surface area contributed by atoms with Gasteiger partial charge in [0.15, 0.2) is 0 Å². The predicted octanol–water partition coefficient (Wildman–Crippen LogP) is 5.83. The highest BCUT2D eigenvalue weighted by molar-refractivity contribution is 5.56. The zero-order chi connectivity index (χ0) is 18.5. The number of anilines is 3. The molecule has 0 aliphatic rings. The van der Waals surface area contributed by atoms with Gasteiger partial charge in [-0.3, -0.25) is 0 Å². The molecular weight excluding hydrogens is 320 g/mol. The van der Waals surface area contributed by atoms with Crippen molar-refractivity contribution >= 4 is 17.5 Å². The Morgan fingerprint density at radius 1 is 0.808 bits per heavy atom. The van der Waals surface area contributed by atoms with Crippen molar-refractivity contribution in [3.63, 3.8) is 0 Å². The number of nitrogens with one attached hydrogen (secondary N) is 2. The molecule has 0 aliphatic heterocycles. The largest absolute Gasteiger partial charge is 0.363 e. The number of hydrogen-bond acceptors (Lipinski definition) is 4. The fourth-order valence-corrected chi connectivity index (χ4v) is 2.83. The Labute approximate surface area is 155 Å². The van der Waals surface area contributed by atoms with Gasteiger partial charge < -0.3 is 10.6 Å². The Morgan fingerprint density at radius 2 is 1.50 bits per heavy atom. The summed E-state index contributed by atoms with van der Waals surface area (Å²) in [6.07, 6.45) is 0. The van der Waals surface area contributed by atoms with E-state index in [1.54, 1.807) is 0 Å². The van der Waals surface area contributed by atoms with Gasteiger partial charge in [0.05, 0.1) is 0 Å². The Morgan fingerprint density at radius 3 is 2.15 bits per heavy atom. The molecule has 1 unspecified atom stereocenters. The molecule has 134 valence electrons. The highest BCUT2D eigenvalue weighted by Gasteiger charge is 2.08. The van der Waals surface area contributed by atoms with Gasteiger partial charge in [0.1, 0.15) is 5.82 Å². The van der Waals surface area contributed by atoms with Crippen LogP contribution in [0.2, 0.25) is 0 Å². The molecule has 4 nitrogen and oxygen atoms in total. The zero-order valence-corrected chi connectivity index (χ0v) is 15.8. The summed E-state index contributed by atoms with van der Waals surface area (Å²) >= 11 is 0. The van der Waals surface area contributed by atoms with Crippen LogP contribution < -0.4 is 10.6 Å². The fraction of sp³-hybridized carbons (Fsp3) is 0.273. The monoisotopic (exact) mass is 346 g/mol. The number of nitrogens with zero attached hydrogens (tertiary/aromatic N) is 2. The van der Waals surface area contributed by atoms with Gasteiger partial charge in [-0.1, -0.05) is 56.3 Å². The van der Waals surface area contributed by atoms with E-state index in [-0.39, 0.29) is 6.04 Å². The average Bonchev–Trinajstić information content (AvgIpc) is 2.62. The number of benzene rings is 2. The average molecular weight is 346 g/mol. The Hall–Kier alpha value is -2.88. The van der Waals surface area contributed by atoms with E-state index in [4.69, 9.17) is 0 Å². The SMILES string of the molecule is Cc1cc(NC(C)c2ccccc2)nc(Nc2ccc(C(C)C)cc2)n1. The van der Waals surface area contributed by atoms with E-state index in [0.717, 1.165) is 17.2 Å². The first-order valence-electron chi connectivity index (χ1n) is 9.05. The van der Waals surface area contributed by atoms with E-state index in [9.17, 15) is 0 Å². The molecule has 26 heavy (non-hydrogen) atoms. The molecule has 2 N–H and O–H groups in total. The van der Waals surface area contributed by atoms with Crippen LogP contribution in [0, 0.1) is 6.92 Å². The lowest BCUT2D eigenvalue weighted by Gasteiger charge is -2.16. The van der Waals surface area contributed by atoms with Crippen LogP contribution in [0.25, 0.3) is 0 Å². The molecule has 0 spiro atoms. The van der Waals surface area contributed by atoms with Crippen molar-refractivity contribution in [3.05, 3.63) is 77.5 Å². The minimum absolute atomic E-state index is 0.170. The summed E-state index contributed by atoms with van der Waals surface area (Å²) in [5.41, 5.74) is 4.45. The molecule has 0 bridgehead atoms. The van der Waals surface area contributed by atoms with E-state index < -0.39 is 0 Å². The summed E-state index contributed by atoms with van der Waals surface area (Å²) in [6, 6.07) is 20.9. The van der Waals surface area contributed by atoms with E-state index in [2.05, 4.69) is 77.8 Å². The summed E-state index contributed by atoms with van der Waals surface area (Å²) in [6.45, 7) is 8.49. The lowest BCUT2D eigenvalue weighted by Crippen LogP contribution is -2.09. The maximum absolute atomic E-state index is 4.62. The Kier molecular flexibility index (Phi) is 5.52. The van der Waals surface area contributed by atoms with Gasteiger partial charge in [-0.15, -0.1) is 0 Å². The van der Waals surface area contributed by atoms with Crippen LogP contribution in [0.3, 0.4) is 0 Å². The van der Waals surface area contributed by atoms with Crippen LogP contribution in [0.4, 0.5) is 17.5 Å². The van der Waals surface area contributed by atoms with Gasteiger partial charge in [0.2, 0.25) is 5.95 Å². The van der Waals surface area contributed by atoms with E-state index in [1.165, 1.54) is 11.1 Å². The third-order valence-corrected chi connectivity index (χ3v) is 4.35. The van der Waals surface area contributed by atoms with Gasteiger partial charge >= 0.3 is 0 Å². The summed E-state index contributed by atoms with van der Waals surface area (Å²) in [5.74, 6) is 1.94. The topological polar surface area (TPSA) is 49.8 Å². The third kappa shape index (κ3) is 4.60. The van der Waals surface area contributed by atoms with Crippen molar-refractivity contribution in [3.8, 4) is 0 Å². The van der Waals surface area contributed by atoms with Gasteiger partial charge in [-0.25, -0.2) is 4.98 Å². The summed E-state index contributed by atoms with van der Waals surface area (Å²) in [5, 5.41) is 6.76. The molecule has 1 aromatic heterocycles. The third-order valence-electron chi connectivity index (χ3n) is 4.35. The van der Waals surface area contributed by atoms with Crippen LogP contribution in [-0.2, 0) is 0 Å². The molecule has 0 saturated heterocycles. The number of hydrogen-bond donors (Lipinski definition) is 2. The first-order valence-corrected chi connectivity index (χ1v) is 9.05. The van der Waals surface area contributed by atoms with Gasteiger partial charge in [0, 0.05) is 23.5 Å². The molecule has 0 fully saturated rings. The van der Waals surface area contributed by atoms with Gasteiger partial charge in [0.25, 0.3) is 0 Å². The minimum atomic E-state index is 0.170. The molecule has 4 heteroatoms. The van der Waals surface area contributed by atoms with Crippen molar-refractivity contribution < 1.29 is 0 Å². The Bertz CT molecular complexity index is 842. The fourth-order valence-electron chi connectivity index (χ4n) is 2.83. The zero-order valence-electron chi connectivity index (χ0n) is 15.8. The van der Waals surface area contributed by atoms with Crippen molar-refractivity contribution in [2.75, 3.05) is 10.6 Å². The molecule has 0 radical (unpaired) electrons. The summed E-state index contributed by atoms with van der Waals surface area (Å²) in [7, 11) is 0. The highest BCUT2D eigenvalue weighted by atomic mass is 15.1. The number of aromatic nitrogens is 2. The lowest BCUT2D eigenvalue weighted by molar-refractivity contribution is 0.867. The Balaban J connectivity index is 1.75. The molecule has 3 rings (SSSR count). The first kappa shape index (κ1) is 17.9. The van der Waals surface area contributed by atoms with Crippen LogP contribution in [0.5, 0.6) is 0 Å². The second kappa shape index (κ2) is 8.00. The minimum Gasteiger partial charge on any atom is -0.363 e. The molecule has 1 heterocycles. The van der Waals surface area contributed by atoms with E-state index in [1.807, 2.05) is 31.2 Å². The van der Waals surface area contributed by atoms with Crippen LogP contribution in [0.1, 0.15) is 49.6 Å². The second-order valence-electron chi connectivity index (χ2n) is 6.90.